The van der Waals surface area contributed by atoms with Crippen molar-refractivity contribution in [1.29, 1.82) is 0 Å². The van der Waals surface area contributed by atoms with Crippen LogP contribution in [0.1, 0.15) is 79.5 Å². The van der Waals surface area contributed by atoms with Crippen LogP contribution in [0, 0.1) is 23.5 Å². The third-order valence-corrected chi connectivity index (χ3v) is 9.87. The average Bonchev–Trinajstić information content (AvgIpc) is 3.84. The first-order valence-corrected chi connectivity index (χ1v) is 16.8. The van der Waals surface area contributed by atoms with Crippen LogP contribution in [-0.2, 0) is 31.6 Å². The van der Waals surface area contributed by atoms with Gasteiger partial charge < -0.3 is 14.4 Å². The van der Waals surface area contributed by atoms with Gasteiger partial charge in [0.2, 0.25) is 5.91 Å². The maximum absolute atomic E-state index is 14.9. The first-order valence-electron chi connectivity index (χ1n) is 14.2. The minimum Gasteiger partial charge on any atom is -0.347 e. The number of carbonyl (C=O) groups is 2. The van der Waals surface area contributed by atoms with Crippen molar-refractivity contribution in [2.24, 2.45) is 11.8 Å². The number of sulfone groups is 1. The molecular weight excluding hydrogens is 627 g/mol. The molecule has 1 saturated heterocycles. The molecule has 0 aromatic heterocycles. The molecule has 7 nitrogen and oxygen atoms in total. The number of halogens is 5. The summed E-state index contributed by atoms with van der Waals surface area (Å²) in [7, 11) is -3.68. The largest absolute Gasteiger partial charge is 0.419 e. The van der Waals surface area contributed by atoms with Crippen LogP contribution in [0.3, 0.4) is 0 Å². The van der Waals surface area contributed by atoms with Crippen LogP contribution in [-0.4, -0.2) is 48.2 Å². The number of piperidine rings is 1. The van der Waals surface area contributed by atoms with Crippen molar-refractivity contribution in [3.63, 3.8) is 0 Å². The minimum absolute atomic E-state index is 0.00559. The van der Waals surface area contributed by atoms with E-state index < -0.39 is 57.1 Å². The van der Waals surface area contributed by atoms with Gasteiger partial charge in [0, 0.05) is 28.2 Å². The Morgan fingerprint density at radius 2 is 1.75 bits per heavy atom. The van der Waals surface area contributed by atoms with Gasteiger partial charge in [-0.05, 0) is 100 Å². The molecule has 1 unspecified atom stereocenters. The molecule has 44 heavy (non-hydrogen) atoms. The van der Waals surface area contributed by atoms with E-state index in [1.807, 2.05) is 20.8 Å². The highest BCUT2D eigenvalue weighted by Crippen LogP contribution is 2.49. The second-order valence-electron chi connectivity index (χ2n) is 12.8. The van der Waals surface area contributed by atoms with Crippen LogP contribution < -0.4 is 5.32 Å². The fourth-order valence-corrected chi connectivity index (χ4v) is 6.84. The zero-order valence-corrected chi connectivity index (χ0v) is 26.1. The second kappa shape index (κ2) is 11.6. The smallest absolute Gasteiger partial charge is 0.347 e. The van der Waals surface area contributed by atoms with Crippen LogP contribution in [0.15, 0.2) is 35.2 Å². The lowest BCUT2D eigenvalue weighted by molar-refractivity contribution is -0.140. The maximum atomic E-state index is 14.9. The zero-order chi connectivity index (χ0) is 32.4. The lowest BCUT2D eigenvalue weighted by Crippen LogP contribution is -2.49. The van der Waals surface area contributed by atoms with E-state index in [4.69, 9.17) is 4.18 Å². The lowest BCUT2D eigenvalue weighted by atomic mass is 9.98. The fourth-order valence-electron chi connectivity index (χ4n) is 5.65. The summed E-state index contributed by atoms with van der Waals surface area (Å²) in [6.45, 7) is 5.82. The summed E-state index contributed by atoms with van der Waals surface area (Å²) >= 11 is 1.20. The van der Waals surface area contributed by atoms with Gasteiger partial charge in [-0.2, -0.15) is 13.2 Å². The normalized spacial score (nSPS) is 22.5. The molecule has 5 rings (SSSR count). The molecule has 1 N–H and O–H groups in total. The van der Waals surface area contributed by atoms with Crippen LogP contribution in [0.25, 0.3) is 0 Å². The maximum Gasteiger partial charge on any atom is 0.419 e. The summed E-state index contributed by atoms with van der Waals surface area (Å²) in [4.78, 5) is 29.1. The van der Waals surface area contributed by atoms with E-state index in [1.165, 1.54) is 35.1 Å². The Balaban J connectivity index is 1.42. The average molecular weight is 661 g/mol. The van der Waals surface area contributed by atoms with Crippen molar-refractivity contribution in [2.45, 2.75) is 87.0 Å². The van der Waals surface area contributed by atoms with Gasteiger partial charge in [0.25, 0.3) is 5.91 Å². The van der Waals surface area contributed by atoms with Crippen molar-refractivity contribution < 1.29 is 44.1 Å². The van der Waals surface area contributed by atoms with Crippen molar-refractivity contribution in [3.8, 4) is 0 Å². The molecule has 240 valence electrons. The highest BCUT2D eigenvalue weighted by Gasteiger charge is 2.57. The summed E-state index contributed by atoms with van der Waals surface area (Å²) in [5.74, 6) is -4.40. The molecule has 1 aliphatic heterocycles. The van der Waals surface area contributed by atoms with Gasteiger partial charge >= 0.3 is 6.18 Å². The molecule has 3 fully saturated rings. The van der Waals surface area contributed by atoms with Gasteiger partial charge in [-0.15, -0.1) is 0 Å². The Morgan fingerprint density at radius 1 is 1.07 bits per heavy atom. The first kappa shape index (κ1) is 32.7. The number of benzene rings is 2. The van der Waals surface area contributed by atoms with Crippen molar-refractivity contribution in [1.82, 2.24) is 10.2 Å². The Labute approximate surface area is 257 Å². The number of nitrogens with one attached hydrogen (secondary N) is 1. The zero-order valence-electron chi connectivity index (χ0n) is 24.5. The third kappa shape index (κ3) is 7.07. The Kier molecular flexibility index (Phi) is 8.60. The number of hydrogen-bond acceptors (Lipinski definition) is 6. The monoisotopic (exact) mass is 660 g/mol. The number of amides is 2. The van der Waals surface area contributed by atoms with Crippen LogP contribution in [0.5, 0.6) is 0 Å². The molecule has 0 radical (unpaired) electrons. The number of alkyl halides is 3. The lowest BCUT2D eigenvalue weighted by Gasteiger charge is -2.30. The topological polar surface area (TPSA) is 92.8 Å². The standard InChI is InChI=1S/C30H33F5N2O5S2/c1-29(2,3)43-42-14-16-7-8-18(44(4,40)41)11-19(16)28(39)37-24-9-17(24)10-25(37)27(38)36-26(15-5-6-15)20-12-23(32)21(13-22(20)31)30(33,34)35/h7-8,11-13,15,17,24-26H,5-6,9-10,14H2,1-4H3,(H,36,38)/t17-,24-,25-,26?/m1/s1. The highest BCUT2D eigenvalue weighted by molar-refractivity contribution is 7.96. The third-order valence-electron chi connectivity index (χ3n) is 8.02. The molecule has 1 heterocycles. The minimum atomic E-state index is -5.09. The fraction of sp³-hybridized carbons (Fsp3) is 0.533. The summed E-state index contributed by atoms with van der Waals surface area (Å²) in [6.07, 6.45) is -2.00. The summed E-state index contributed by atoms with van der Waals surface area (Å²) in [5.41, 5.74) is -1.61. The second-order valence-corrected chi connectivity index (χ2v) is 16.4. The van der Waals surface area contributed by atoms with Gasteiger partial charge in [-0.1, -0.05) is 6.07 Å². The van der Waals surface area contributed by atoms with E-state index in [9.17, 15) is 40.0 Å². The van der Waals surface area contributed by atoms with E-state index in [-0.39, 0.29) is 51.3 Å². The first-order chi connectivity index (χ1) is 20.3. The Bertz CT molecular complexity index is 1590. The SMILES string of the molecule is CC(C)(C)SOCc1ccc(S(C)(=O)=O)cc1C(=O)N1[C@@H](C(=O)NC(c2cc(F)c(C(F)(F)F)cc2F)C2CC2)C[C@H]2C[C@H]21. The molecule has 2 aromatic rings. The Hall–Kier alpha value is -2.71. The van der Waals surface area contributed by atoms with Gasteiger partial charge in [0.15, 0.2) is 9.84 Å². The summed E-state index contributed by atoms with van der Waals surface area (Å²) in [6, 6.07) is 2.41. The van der Waals surface area contributed by atoms with Gasteiger partial charge in [-0.3, -0.25) is 9.59 Å². The molecule has 3 aliphatic rings. The number of rotatable bonds is 9. The molecule has 2 saturated carbocycles. The number of likely N-dealkylation sites (tertiary alicyclic amines) is 1. The molecule has 2 aromatic carbocycles. The van der Waals surface area contributed by atoms with E-state index in [2.05, 4.69) is 5.32 Å². The summed E-state index contributed by atoms with van der Waals surface area (Å²) in [5, 5.41) is 2.70. The predicted octanol–water partition coefficient (Wildman–Crippen LogP) is 6.22. The molecular formula is C30H33F5N2O5S2. The van der Waals surface area contributed by atoms with Gasteiger partial charge in [0.05, 0.1) is 23.1 Å². The van der Waals surface area contributed by atoms with Crippen molar-refractivity contribution in [3.05, 3.63) is 64.2 Å². The van der Waals surface area contributed by atoms with Gasteiger partial charge in [0.1, 0.15) is 17.7 Å². The van der Waals surface area contributed by atoms with Crippen LogP contribution >= 0.6 is 12.0 Å². The Morgan fingerprint density at radius 3 is 2.34 bits per heavy atom. The molecule has 2 amide bonds. The van der Waals surface area contributed by atoms with Crippen LogP contribution in [0.4, 0.5) is 22.0 Å². The number of carbonyl (C=O) groups excluding carboxylic acids is 2. The quantitative estimate of drug-likeness (QED) is 0.254. The number of nitrogens with zero attached hydrogens (tertiary/aromatic N) is 1. The molecule has 0 bridgehead atoms. The van der Waals surface area contributed by atoms with Crippen LogP contribution in [0.2, 0.25) is 0 Å². The molecule has 2 aliphatic carbocycles. The van der Waals surface area contributed by atoms with Crippen molar-refractivity contribution >= 4 is 33.7 Å². The molecule has 0 spiro atoms. The molecule has 14 heteroatoms. The van der Waals surface area contributed by atoms with E-state index >= 15 is 0 Å². The van der Waals surface area contributed by atoms with E-state index in [0.717, 1.165) is 6.26 Å². The number of hydrogen-bond donors (Lipinski definition) is 1. The molecule has 4 atom stereocenters. The highest BCUT2D eigenvalue weighted by atomic mass is 32.2. The van der Waals surface area contributed by atoms with E-state index in [1.54, 1.807) is 0 Å². The summed E-state index contributed by atoms with van der Waals surface area (Å²) < 4.78 is 98.9. The predicted molar refractivity (Wildman–Crippen MR) is 153 cm³/mol. The number of fused-ring (bicyclic) bond motifs is 1. The van der Waals surface area contributed by atoms with Gasteiger partial charge in [-0.25, -0.2) is 17.2 Å². The van der Waals surface area contributed by atoms with E-state index in [0.29, 0.717) is 37.3 Å². The van der Waals surface area contributed by atoms with Crippen molar-refractivity contribution in [2.75, 3.05) is 6.26 Å².